The van der Waals surface area contributed by atoms with E-state index in [2.05, 4.69) is 57.0 Å². The zero-order valence-corrected chi connectivity index (χ0v) is 25.6. The van der Waals surface area contributed by atoms with Crippen LogP contribution in [0.15, 0.2) is 35.4 Å². The fourth-order valence-corrected chi connectivity index (χ4v) is 8.50. The van der Waals surface area contributed by atoms with E-state index in [0.717, 1.165) is 45.3 Å². The van der Waals surface area contributed by atoms with E-state index in [-0.39, 0.29) is 17.3 Å². The number of aliphatic hydroxyl groups is 1. The fourth-order valence-electron chi connectivity index (χ4n) is 8.50. The van der Waals surface area contributed by atoms with Crippen molar-refractivity contribution in [2.75, 3.05) is 25.2 Å². The van der Waals surface area contributed by atoms with Gasteiger partial charge < -0.3 is 19.5 Å². The molecule has 6 atom stereocenters. The summed E-state index contributed by atoms with van der Waals surface area (Å²) in [5, 5.41) is 11.1. The maximum absolute atomic E-state index is 11.1. The Hall–Kier alpha value is -1.36. The molecule has 0 aromatic heterocycles. The van der Waals surface area contributed by atoms with Crippen molar-refractivity contribution in [3.63, 3.8) is 0 Å². The summed E-state index contributed by atoms with van der Waals surface area (Å²) in [4.78, 5) is 2.34. The van der Waals surface area contributed by atoms with Gasteiger partial charge in [0.25, 0.3) is 0 Å². The van der Waals surface area contributed by atoms with Gasteiger partial charge in [0.2, 0.25) is 0 Å². The first-order chi connectivity index (χ1) is 18.3. The molecule has 1 saturated heterocycles. The quantitative estimate of drug-likeness (QED) is 0.405. The second-order valence-electron chi connectivity index (χ2n) is 12.4. The lowest BCUT2D eigenvalue weighted by atomic mass is 9.52. The molecular weight excluding hydrogens is 470 g/mol. The van der Waals surface area contributed by atoms with Gasteiger partial charge in [-0.05, 0) is 93.2 Å². The van der Waals surface area contributed by atoms with Crippen LogP contribution in [0.5, 0.6) is 0 Å². The van der Waals surface area contributed by atoms with Crippen molar-refractivity contribution in [1.29, 1.82) is 0 Å². The number of hydrogen-bond acceptors (Lipinski definition) is 4. The zero-order chi connectivity index (χ0) is 27.7. The Morgan fingerprint density at radius 2 is 1.58 bits per heavy atom. The number of aliphatic hydroxyl groups excluding tert-OH is 1. The van der Waals surface area contributed by atoms with Crippen molar-refractivity contribution in [3.8, 4) is 0 Å². The molecule has 6 rings (SSSR count). The van der Waals surface area contributed by atoms with Gasteiger partial charge in [-0.1, -0.05) is 57.9 Å². The number of hydrogen-bond donors (Lipinski definition) is 1. The third kappa shape index (κ3) is 5.10. The first kappa shape index (κ1) is 29.6. The average Bonchev–Trinajstić information content (AvgIpc) is 3.53. The summed E-state index contributed by atoms with van der Waals surface area (Å²) in [5.41, 5.74) is 6.25. The van der Waals surface area contributed by atoms with E-state index in [4.69, 9.17) is 9.47 Å². The number of ether oxygens (including phenoxy) is 2. The van der Waals surface area contributed by atoms with Gasteiger partial charge in [0.05, 0.1) is 19.3 Å². The highest BCUT2D eigenvalue weighted by Gasteiger charge is 2.57. The Morgan fingerprint density at radius 3 is 2.21 bits per heavy atom. The van der Waals surface area contributed by atoms with E-state index >= 15 is 0 Å². The van der Waals surface area contributed by atoms with Crippen LogP contribution in [0.1, 0.15) is 111 Å². The van der Waals surface area contributed by atoms with Gasteiger partial charge in [-0.2, -0.15) is 0 Å². The highest BCUT2D eigenvalue weighted by atomic mass is 16.7. The minimum atomic E-state index is -0.313. The van der Waals surface area contributed by atoms with Crippen molar-refractivity contribution in [1.82, 2.24) is 0 Å². The molecule has 1 N–H and O–H groups in total. The largest absolute Gasteiger partial charge is 0.393 e. The number of benzene rings is 1. The lowest BCUT2D eigenvalue weighted by Gasteiger charge is -2.54. The lowest BCUT2D eigenvalue weighted by Crippen LogP contribution is -2.47. The van der Waals surface area contributed by atoms with Gasteiger partial charge in [0, 0.05) is 37.5 Å². The molecule has 0 bridgehead atoms. The van der Waals surface area contributed by atoms with E-state index in [1.165, 1.54) is 30.5 Å². The topological polar surface area (TPSA) is 41.9 Å². The molecule has 214 valence electrons. The van der Waals surface area contributed by atoms with Crippen molar-refractivity contribution < 1.29 is 14.6 Å². The number of nitrogens with zero attached hydrogens (tertiary/aromatic N) is 1. The van der Waals surface area contributed by atoms with Gasteiger partial charge in [0.15, 0.2) is 5.79 Å². The molecule has 6 unspecified atom stereocenters. The molecule has 4 fully saturated rings. The average molecular weight is 526 g/mol. The third-order valence-corrected chi connectivity index (χ3v) is 10.6. The van der Waals surface area contributed by atoms with Crippen molar-refractivity contribution >= 4 is 5.69 Å². The molecule has 3 saturated carbocycles. The Kier molecular flexibility index (Phi) is 9.37. The van der Waals surface area contributed by atoms with E-state index in [9.17, 15) is 5.11 Å². The molecule has 5 aliphatic rings. The number of anilines is 1. The molecule has 4 heteroatoms. The van der Waals surface area contributed by atoms with Crippen LogP contribution in [0.25, 0.3) is 0 Å². The normalized spacial score (nSPS) is 34.9. The lowest BCUT2D eigenvalue weighted by molar-refractivity contribution is -0.181. The highest BCUT2D eigenvalue weighted by Crippen LogP contribution is 2.64. The van der Waals surface area contributed by atoms with Crippen LogP contribution < -0.4 is 4.90 Å². The molecule has 38 heavy (non-hydrogen) atoms. The van der Waals surface area contributed by atoms with E-state index in [1.54, 1.807) is 11.1 Å². The summed E-state index contributed by atoms with van der Waals surface area (Å²) in [6.07, 6.45) is 8.75. The van der Waals surface area contributed by atoms with Crippen LogP contribution >= 0.6 is 0 Å². The monoisotopic (exact) mass is 525 g/mol. The SMILES string of the molecule is CC.CC.CC(C)N(C)c1ccc(C2CC3(C)C(O)CCC3C3CCC4CC5(CCC4=C23)OCCO5)cc1. The summed E-state index contributed by atoms with van der Waals surface area (Å²) in [6.45, 7) is 16.4. The summed E-state index contributed by atoms with van der Waals surface area (Å²) < 4.78 is 12.3. The van der Waals surface area contributed by atoms with E-state index in [1.807, 2.05) is 27.7 Å². The summed E-state index contributed by atoms with van der Waals surface area (Å²) >= 11 is 0. The zero-order valence-electron chi connectivity index (χ0n) is 25.6. The van der Waals surface area contributed by atoms with Crippen LogP contribution in [-0.4, -0.2) is 43.3 Å². The number of rotatable bonds is 3. The molecule has 1 spiro atoms. The Labute approximate surface area is 233 Å². The molecule has 1 aromatic rings. The van der Waals surface area contributed by atoms with E-state index in [0.29, 0.717) is 29.7 Å². The van der Waals surface area contributed by atoms with Gasteiger partial charge in [-0.25, -0.2) is 0 Å². The first-order valence-electron chi connectivity index (χ1n) is 15.8. The molecule has 4 nitrogen and oxygen atoms in total. The fraction of sp³-hybridized carbons (Fsp3) is 0.765. The Bertz CT molecular complexity index is 947. The molecule has 0 amide bonds. The second kappa shape index (κ2) is 12.0. The molecule has 4 aliphatic carbocycles. The highest BCUT2D eigenvalue weighted by molar-refractivity contribution is 5.50. The van der Waals surface area contributed by atoms with Crippen LogP contribution in [0.3, 0.4) is 0 Å². The molecule has 1 aromatic carbocycles. The first-order valence-corrected chi connectivity index (χ1v) is 15.8. The molecule has 1 heterocycles. The Morgan fingerprint density at radius 1 is 0.921 bits per heavy atom. The van der Waals surface area contributed by atoms with Gasteiger partial charge >= 0.3 is 0 Å². The molecule has 0 radical (unpaired) electrons. The van der Waals surface area contributed by atoms with Crippen LogP contribution in [0.2, 0.25) is 0 Å². The minimum absolute atomic E-state index is 0.0349. The predicted octanol–water partition coefficient (Wildman–Crippen LogP) is 8.10. The summed E-state index contributed by atoms with van der Waals surface area (Å²) in [5.74, 6) is 1.97. The second-order valence-corrected chi connectivity index (χ2v) is 12.4. The maximum Gasteiger partial charge on any atom is 0.169 e. The van der Waals surface area contributed by atoms with Gasteiger partial charge in [-0.15, -0.1) is 0 Å². The van der Waals surface area contributed by atoms with Crippen molar-refractivity contribution in [2.45, 2.75) is 124 Å². The summed E-state index contributed by atoms with van der Waals surface area (Å²) in [6, 6.07) is 9.87. The maximum atomic E-state index is 11.1. The molecular formula is C34H55NO3. The smallest absolute Gasteiger partial charge is 0.169 e. The van der Waals surface area contributed by atoms with Crippen LogP contribution in [0.4, 0.5) is 5.69 Å². The standard InChI is InChI=1S/C30H43NO3.2C2H6/c1-19(2)31(4)22-8-5-20(6-9-22)25-18-29(3)26(11-12-27(29)32)24-10-7-21-17-30(33-15-16-34-30)14-13-23(21)28(24)25;2*1-2/h5-6,8-9,19,21,24-27,32H,7,10-18H2,1-4H3;2*1-2H3. The van der Waals surface area contributed by atoms with Crippen molar-refractivity contribution in [3.05, 3.63) is 41.0 Å². The molecule has 1 aliphatic heterocycles. The van der Waals surface area contributed by atoms with E-state index < -0.39 is 0 Å². The van der Waals surface area contributed by atoms with Crippen molar-refractivity contribution in [2.24, 2.45) is 23.2 Å². The van der Waals surface area contributed by atoms with Gasteiger partial charge in [0.1, 0.15) is 0 Å². The Balaban J connectivity index is 0.000000804. The minimum Gasteiger partial charge on any atom is -0.393 e. The summed E-state index contributed by atoms with van der Waals surface area (Å²) in [7, 11) is 2.18. The third-order valence-electron chi connectivity index (χ3n) is 10.6. The van der Waals surface area contributed by atoms with Crippen LogP contribution in [-0.2, 0) is 9.47 Å². The number of allylic oxidation sites excluding steroid dienone is 2. The van der Waals surface area contributed by atoms with Gasteiger partial charge in [-0.3, -0.25) is 0 Å². The predicted molar refractivity (Wildman–Crippen MR) is 159 cm³/mol. The number of fused-ring (bicyclic) bond motifs is 4. The van der Waals surface area contributed by atoms with Crippen LogP contribution in [0, 0.1) is 23.2 Å².